The van der Waals surface area contributed by atoms with Crippen molar-refractivity contribution < 1.29 is 0 Å². The highest BCUT2D eigenvalue weighted by atomic mass is 14.5. The SMILES string of the molecule is C=CCCCCCCCCC.C=CN. The van der Waals surface area contributed by atoms with Crippen LogP contribution in [0.1, 0.15) is 58.3 Å². The average molecular weight is 197 g/mol. The van der Waals surface area contributed by atoms with Crippen molar-refractivity contribution in [1.29, 1.82) is 0 Å². The van der Waals surface area contributed by atoms with Crippen molar-refractivity contribution in [3.05, 3.63) is 25.4 Å². The number of unbranched alkanes of at least 4 members (excludes halogenated alkanes) is 7. The van der Waals surface area contributed by atoms with Crippen LogP contribution < -0.4 is 5.73 Å². The molecule has 0 aliphatic heterocycles. The van der Waals surface area contributed by atoms with Crippen LogP contribution in [0.4, 0.5) is 0 Å². The average Bonchev–Trinajstić information content (AvgIpc) is 2.18. The predicted octanol–water partition coefficient (Wildman–Crippen LogP) is 4.40. The van der Waals surface area contributed by atoms with Crippen molar-refractivity contribution in [1.82, 2.24) is 0 Å². The minimum absolute atomic E-state index is 1.20. The zero-order valence-corrected chi connectivity index (χ0v) is 9.80. The first-order valence-electron chi connectivity index (χ1n) is 5.77. The Labute approximate surface area is 90.1 Å². The molecular formula is C13H27N. The molecule has 0 radical (unpaired) electrons. The van der Waals surface area contributed by atoms with E-state index < -0.39 is 0 Å². The number of hydrogen-bond acceptors (Lipinski definition) is 1. The standard InChI is InChI=1S/C11H22.C2H5N/c1-3-5-7-9-11-10-8-6-4-2;1-2-3/h3H,1,4-11H2,2H3;2H,1,3H2. The summed E-state index contributed by atoms with van der Waals surface area (Å²) in [5.41, 5.74) is 4.61. The summed E-state index contributed by atoms with van der Waals surface area (Å²) in [6, 6.07) is 0. The lowest BCUT2D eigenvalue weighted by atomic mass is 10.1. The Morgan fingerprint density at radius 1 is 0.929 bits per heavy atom. The summed E-state index contributed by atoms with van der Waals surface area (Å²) in [5, 5.41) is 0. The number of nitrogens with two attached hydrogens (primary N) is 1. The second-order valence-corrected chi connectivity index (χ2v) is 3.43. The van der Waals surface area contributed by atoms with E-state index in [4.69, 9.17) is 0 Å². The summed E-state index contributed by atoms with van der Waals surface area (Å²) in [4.78, 5) is 0. The fourth-order valence-corrected chi connectivity index (χ4v) is 1.25. The van der Waals surface area contributed by atoms with Gasteiger partial charge in [0, 0.05) is 0 Å². The molecule has 1 heteroatoms. The smallest absolute Gasteiger partial charge is 0.0136 e. The molecule has 0 aliphatic carbocycles. The fourth-order valence-electron chi connectivity index (χ4n) is 1.25. The normalized spacial score (nSPS) is 8.64. The molecule has 0 fully saturated rings. The van der Waals surface area contributed by atoms with Gasteiger partial charge < -0.3 is 5.73 Å². The van der Waals surface area contributed by atoms with Gasteiger partial charge in [-0.05, 0) is 19.0 Å². The van der Waals surface area contributed by atoms with Gasteiger partial charge in [0.2, 0.25) is 0 Å². The Morgan fingerprint density at radius 3 is 1.79 bits per heavy atom. The fraction of sp³-hybridized carbons (Fsp3) is 0.692. The van der Waals surface area contributed by atoms with Gasteiger partial charge in [0.05, 0.1) is 0 Å². The number of allylic oxidation sites excluding steroid dienone is 1. The van der Waals surface area contributed by atoms with Crippen molar-refractivity contribution in [2.24, 2.45) is 5.73 Å². The van der Waals surface area contributed by atoms with Crippen LogP contribution in [-0.4, -0.2) is 0 Å². The summed E-state index contributed by atoms with van der Waals surface area (Å²) in [6.07, 6.45) is 14.3. The van der Waals surface area contributed by atoms with Gasteiger partial charge in [0.15, 0.2) is 0 Å². The van der Waals surface area contributed by atoms with Crippen LogP contribution in [0, 0.1) is 0 Å². The van der Waals surface area contributed by atoms with Gasteiger partial charge >= 0.3 is 0 Å². The molecule has 14 heavy (non-hydrogen) atoms. The largest absolute Gasteiger partial charge is 0.405 e. The van der Waals surface area contributed by atoms with Crippen LogP contribution in [0.15, 0.2) is 25.4 Å². The second kappa shape index (κ2) is 18.1. The van der Waals surface area contributed by atoms with Crippen LogP contribution in [0.5, 0.6) is 0 Å². The van der Waals surface area contributed by atoms with E-state index in [0.717, 1.165) is 0 Å². The summed E-state index contributed by atoms with van der Waals surface area (Å²) in [6.45, 7) is 9.11. The molecule has 0 rings (SSSR count). The van der Waals surface area contributed by atoms with Crippen molar-refractivity contribution >= 4 is 0 Å². The first kappa shape index (κ1) is 15.7. The van der Waals surface area contributed by atoms with Gasteiger partial charge in [-0.3, -0.25) is 0 Å². The minimum Gasteiger partial charge on any atom is -0.405 e. The Bertz CT molecular complexity index is 108. The summed E-state index contributed by atoms with van der Waals surface area (Å²) in [7, 11) is 0. The lowest BCUT2D eigenvalue weighted by molar-refractivity contribution is 0.592. The highest BCUT2D eigenvalue weighted by molar-refractivity contribution is 4.65. The van der Waals surface area contributed by atoms with E-state index in [2.05, 4.69) is 25.8 Å². The monoisotopic (exact) mass is 197 g/mol. The van der Waals surface area contributed by atoms with E-state index in [-0.39, 0.29) is 0 Å². The van der Waals surface area contributed by atoms with Crippen LogP contribution in [-0.2, 0) is 0 Å². The van der Waals surface area contributed by atoms with Crippen molar-refractivity contribution in [2.75, 3.05) is 0 Å². The maximum absolute atomic E-state index is 4.61. The van der Waals surface area contributed by atoms with E-state index in [0.29, 0.717) is 0 Å². The molecule has 1 nitrogen and oxygen atoms in total. The summed E-state index contributed by atoms with van der Waals surface area (Å²) < 4.78 is 0. The predicted molar refractivity (Wildman–Crippen MR) is 67.2 cm³/mol. The van der Waals surface area contributed by atoms with Crippen LogP contribution in [0.25, 0.3) is 0 Å². The molecule has 2 N–H and O–H groups in total. The highest BCUT2D eigenvalue weighted by Crippen LogP contribution is 2.07. The van der Waals surface area contributed by atoms with Gasteiger partial charge in [0.25, 0.3) is 0 Å². The maximum atomic E-state index is 4.61. The molecule has 0 saturated carbocycles. The Hall–Kier alpha value is -0.720. The molecule has 0 saturated heterocycles. The van der Waals surface area contributed by atoms with E-state index >= 15 is 0 Å². The third kappa shape index (κ3) is 22.5. The quantitative estimate of drug-likeness (QED) is 0.453. The van der Waals surface area contributed by atoms with E-state index in [9.17, 15) is 0 Å². The van der Waals surface area contributed by atoms with Gasteiger partial charge in [-0.25, -0.2) is 0 Å². The second-order valence-electron chi connectivity index (χ2n) is 3.43. The van der Waals surface area contributed by atoms with E-state index in [1.807, 2.05) is 6.08 Å². The molecule has 0 aromatic rings. The maximum Gasteiger partial charge on any atom is -0.0136 e. The molecule has 0 amide bonds. The Morgan fingerprint density at radius 2 is 1.36 bits per heavy atom. The van der Waals surface area contributed by atoms with Gasteiger partial charge in [-0.2, -0.15) is 0 Å². The summed E-state index contributed by atoms with van der Waals surface area (Å²) in [5.74, 6) is 0. The van der Waals surface area contributed by atoms with Gasteiger partial charge in [-0.1, -0.05) is 58.1 Å². The lowest BCUT2D eigenvalue weighted by Gasteiger charge is -1.98. The summed E-state index contributed by atoms with van der Waals surface area (Å²) >= 11 is 0. The zero-order chi connectivity index (χ0) is 11.1. The van der Waals surface area contributed by atoms with Crippen molar-refractivity contribution in [3.8, 4) is 0 Å². The minimum atomic E-state index is 1.20. The number of hydrogen-bond donors (Lipinski definition) is 1. The molecule has 0 aromatic carbocycles. The zero-order valence-electron chi connectivity index (χ0n) is 9.80. The molecule has 84 valence electrons. The molecular weight excluding hydrogens is 170 g/mol. The topological polar surface area (TPSA) is 26.0 Å². The number of rotatable bonds is 8. The molecule has 0 aromatic heterocycles. The van der Waals surface area contributed by atoms with Gasteiger partial charge in [0.1, 0.15) is 0 Å². The van der Waals surface area contributed by atoms with Crippen LogP contribution >= 0.6 is 0 Å². The van der Waals surface area contributed by atoms with Crippen molar-refractivity contribution in [2.45, 2.75) is 58.3 Å². The molecule has 0 spiro atoms. The molecule has 0 atom stereocenters. The third-order valence-electron chi connectivity index (χ3n) is 2.01. The third-order valence-corrected chi connectivity index (χ3v) is 2.01. The van der Waals surface area contributed by atoms with Crippen LogP contribution in [0.2, 0.25) is 0 Å². The van der Waals surface area contributed by atoms with Crippen LogP contribution in [0.3, 0.4) is 0 Å². The van der Waals surface area contributed by atoms with Gasteiger partial charge in [-0.15, -0.1) is 6.58 Å². The van der Waals surface area contributed by atoms with E-state index in [1.54, 1.807) is 0 Å². The van der Waals surface area contributed by atoms with E-state index in [1.165, 1.54) is 57.6 Å². The van der Waals surface area contributed by atoms with Crippen molar-refractivity contribution in [3.63, 3.8) is 0 Å². The highest BCUT2D eigenvalue weighted by Gasteiger charge is 1.88. The molecule has 0 unspecified atom stereocenters. The first-order chi connectivity index (χ1) is 6.83. The first-order valence-corrected chi connectivity index (χ1v) is 5.77. The molecule has 0 heterocycles. The Kier molecular flexibility index (Phi) is 20.4. The Balaban J connectivity index is 0. The molecule has 0 aliphatic rings. The lowest BCUT2D eigenvalue weighted by Crippen LogP contribution is -1.78. The molecule has 0 bridgehead atoms.